The van der Waals surface area contributed by atoms with Gasteiger partial charge in [0.05, 0.1) is 11.9 Å². The summed E-state index contributed by atoms with van der Waals surface area (Å²) in [5, 5.41) is 4.32. The number of ether oxygens (including phenoxy) is 1. The van der Waals surface area contributed by atoms with E-state index in [1.807, 2.05) is 6.26 Å². The van der Waals surface area contributed by atoms with E-state index in [2.05, 4.69) is 10.1 Å². The van der Waals surface area contributed by atoms with Gasteiger partial charge in [-0.15, -0.1) is 18.3 Å². The second-order valence-electron chi connectivity index (χ2n) is 5.27. The van der Waals surface area contributed by atoms with Crippen LogP contribution >= 0.6 is 23.1 Å². The molecule has 0 amide bonds. The Kier molecular flexibility index (Phi) is 3.43. The molecule has 0 radical (unpaired) electrons. The van der Waals surface area contributed by atoms with Crippen LogP contribution in [0.1, 0.15) is 18.7 Å². The number of allylic oxidation sites excluding steroid dienone is 2. The number of aromatic nitrogens is 3. The third-order valence-corrected chi connectivity index (χ3v) is 5.45. The first-order chi connectivity index (χ1) is 11.3. The summed E-state index contributed by atoms with van der Waals surface area (Å²) in [6, 6.07) is 0. The van der Waals surface area contributed by atoms with Crippen LogP contribution in [0.15, 0.2) is 45.9 Å². The first-order valence-electron chi connectivity index (χ1n) is 6.90. The summed E-state index contributed by atoms with van der Waals surface area (Å²) in [7, 11) is 0. The molecule has 0 aromatic carbocycles. The SMILES string of the molecule is CSc1nn2cc(C3C=C4C(=CC(C)=CN4C(F)(F)F)O3)nc2s1. The van der Waals surface area contributed by atoms with E-state index in [0.29, 0.717) is 16.2 Å². The number of fused-ring (bicyclic) bond motifs is 2. The van der Waals surface area contributed by atoms with Crippen LogP contribution in [0.3, 0.4) is 0 Å². The molecule has 0 aliphatic carbocycles. The van der Waals surface area contributed by atoms with Gasteiger partial charge in [0.25, 0.3) is 0 Å². The Morgan fingerprint density at radius 3 is 2.83 bits per heavy atom. The molecule has 5 nitrogen and oxygen atoms in total. The van der Waals surface area contributed by atoms with Crippen LogP contribution in [-0.4, -0.2) is 32.1 Å². The lowest BCUT2D eigenvalue weighted by Crippen LogP contribution is -2.34. The molecule has 0 saturated carbocycles. The maximum Gasteiger partial charge on any atom is 0.489 e. The number of thioether (sulfide) groups is 1. The van der Waals surface area contributed by atoms with Gasteiger partial charge in [0.15, 0.2) is 10.4 Å². The normalized spacial score (nSPS) is 20.6. The van der Waals surface area contributed by atoms with Crippen molar-refractivity contribution in [3.8, 4) is 0 Å². The van der Waals surface area contributed by atoms with E-state index >= 15 is 0 Å². The first kappa shape index (κ1) is 15.6. The number of imidazole rings is 1. The van der Waals surface area contributed by atoms with Crippen molar-refractivity contribution < 1.29 is 17.9 Å². The highest BCUT2D eigenvalue weighted by atomic mass is 32.2. The average molecular weight is 372 g/mol. The molecule has 126 valence electrons. The van der Waals surface area contributed by atoms with Crippen LogP contribution in [-0.2, 0) is 4.74 Å². The van der Waals surface area contributed by atoms with Gasteiger partial charge in [-0.1, -0.05) is 23.1 Å². The molecule has 0 bridgehead atoms. The van der Waals surface area contributed by atoms with E-state index in [1.165, 1.54) is 29.2 Å². The zero-order chi connectivity index (χ0) is 17.1. The van der Waals surface area contributed by atoms with Gasteiger partial charge in [-0.25, -0.2) is 9.50 Å². The van der Waals surface area contributed by atoms with Crippen LogP contribution in [0.5, 0.6) is 0 Å². The molecule has 0 spiro atoms. The summed E-state index contributed by atoms with van der Waals surface area (Å²) in [6.45, 7) is 1.60. The van der Waals surface area contributed by atoms with Gasteiger partial charge in [-0.05, 0) is 30.9 Å². The van der Waals surface area contributed by atoms with Crippen molar-refractivity contribution >= 4 is 28.1 Å². The Hall–Kier alpha value is -1.94. The van der Waals surface area contributed by atoms with Gasteiger partial charge in [-0.2, -0.15) is 0 Å². The van der Waals surface area contributed by atoms with E-state index in [1.54, 1.807) is 23.7 Å². The summed E-state index contributed by atoms with van der Waals surface area (Å²) >= 11 is 2.93. The smallest absolute Gasteiger partial charge is 0.478 e. The van der Waals surface area contributed by atoms with Crippen molar-refractivity contribution in [2.45, 2.75) is 23.7 Å². The lowest BCUT2D eigenvalue weighted by Gasteiger charge is -2.27. The maximum absolute atomic E-state index is 13.2. The van der Waals surface area contributed by atoms with E-state index in [0.717, 1.165) is 10.5 Å². The standard InChI is InChI=1S/C14H11F3N4OS2/c1-7-3-11-9(20(5-7)14(15,16)17)4-10(22-11)8-6-21-12(18-8)24-13(19-21)23-2/h3-6,10H,1-2H3. The summed E-state index contributed by atoms with van der Waals surface area (Å²) in [5.41, 5.74) is 0.994. The topological polar surface area (TPSA) is 42.7 Å². The minimum atomic E-state index is -4.51. The average Bonchev–Trinajstić information content (AvgIpc) is 3.15. The highest BCUT2D eigenvalue weighted by molar-refractivity contribution is 8.00. The molecular weight excluding hydrogens is 361 g/mol. The predicted molar refractivity (Wildman–Crippen MR) is 84.3 cm³/mol. The zero-order valence-electron chi connectivity index (χ0n) is 12.5. The number of hydrogen-bond donors (Lipinski definition) is 0. The molecule has 2 aliphatic rings. The minimum Gasteiger partial charge on any atom is -0.478 e. The van der Waals surface area contributed by atoms with Crippen LogP contribution in [0, 0.1) is 0 Å². The fourth-order valence-corrected chi connectivity index (χ4v) is 3.90. The van der Waals surface area contributed by atoms with Crippen molar-refractivity contribution in [3.63, 3.8) is 0 Å². The van der Waals surface area contributed by atoms with Crippen molar-refractivity contribution in [2.24, 2.45) is 0 Å². The molecular formula is C14H11F3N4OS2. The van der Waals surface area contributed by atoms with Crippen molar-refractivity contribution in [2.75, 3.05) is 6.26 Å². The maximum atomic E-state index is 13.2. The van der Waals surface area contributed by atoms with Crippen molar-refractivity contribution in [3.05, 3.63) is 47.3 Å². The molecule has 4 heterocycles. The molecule has 0 saturated heterocycles. The number of alkyl halides is 3. The van der Waals surface area contributed by atoms with Gasteiger partial charge in [-0.3, -0.25) is 4.90 Å². The van der Waals surface area contributed by atoms with Crippen LogP contribution < -0.4 is 0 Å². The highest BCUT2D eigenvalue weighted by Crippen LogP contribution is 2.42. The van der Waals surface area contributed by atoms with E-state index < -0.39 is 12.4 Å². The Morgan fingerprint density at radius 2 is 2.17 bits per heavy atom. The molecule has 2 aromatic rings. The van der Waals surface area contributed by atoms with E-state index in [-0.39, 0.29) is 16.4 Å². The number of halogens is 3. The van der Waals surface area contributed by atoms with Crippen molar-refractivity contribution in [1.29, 1.82) is 0 Å². The predicted octanol–water partition coefficient (Wildman–Crippen LogP) is 4.09. The van der Waals surface area contributed by atoms with Gasteiger partial charge in [0, 0.05) is 6.20 Å². The van der Waals surface area contributed by atoms with Crippen LogP contribution in [0.4, 0.5) is 13.2 Å². The van der Waals surface area contributed by atoms with Gasteiger partial charge >= 0.3 is 6.30 Å². The van der Waals surface area contributed by atoms with Gasteiger partial charge < -0.3 is 4.74 Å². The molecule has 10 heteroatoms. The minimum absolute atomic E-state index is 0.00721. The Balaban J connectivity index is 1.69. The summed E-state index contributed by atoms with van der Waals surface area (Å²) in [6.07, 6.45) is 2.52. The molecule has 1 atom stereocenters. The number of nitrogens with zero attached hydrogens (tertiary/aromatic N) is 4. The van der Waals surface area contributed by atoms with Crippen LogP contribution in [0.2, 0.25) is 0 Å². The molecule has 4 rings (SSSR count). The Bertz CT molecular complexity index is 877. The molecule has 1 unspecified atom stereocenters. The third kappa shape index (κ3) is 2.49. The summed E-state index contributed by atoms with van der Waals surface area (Å²) in [4.78, 5) is 5.38. The summed E-state index contributed by atoms with van der Waals surface area (Å²) < 4.78 is 47.8. The third-order valence-electron chi connectivity index (χ3n) is 3.55. The largest absolute Gasteiger partial charge is 0.489 e. The van der Waals surface area contributed by atoms with E-state index in [9.17, 15) is 13.2 Å². The lowest BCUT2D eigenvalue weighted by atomic mass is 10.1. The fourth-order valence-electron chi connectivity index (χ4n) is 2.55. The molecule has 0 N–H and O–H groups in total. The molecule has 2 aliphatic heterocycles. The first-order valence-corrected chi connectivity index (χ1v) is 8.94. The molecule has 24 heavy (non-hydrogen) atoms. The van der Waals surface area contributed by atoms with Crippen LogP contribution in [0.25, 0.3) is 4.96 Å². The molecule has 0 fully saturated rings. The quantitative estimate of drug-likeness (QED) is 0.587. The zero-order valence-corrected chi connectivity index (χ0v) is 14.2. The number of hydrogen-bond acceptors (Lipinski definition) is 6. The molecule has 2 aromatic heterocycles. The van der Waals surface area contributed by atoms with Crippen molar-refractivity contribution in [1.82, 2.24) is 19.5 Å². The Morgan fingerprint density at radius 1 is 1.38 bits per heavy atom. The fraction of sp³-hybridized carbons (Fsp3) is 0.286. The lowest BCUT2D eigenvalue weighted by molar-refractivity contribution is -0.215. The number of rotatable bonds is 2. The van der Waals surface area contributed by atoms with Gasteiger partial charge in [0.2, 0.25) is 4.96 Å². The Labute approximate surface area is 143 Å². The monoisotopic (exact) mass is 372 g/mol. The highest BCUT2D eigenvalue weighted by Gasteiger charge is 2.43. The second kappa shape index (κ2) is 5.28. The second-order valence-corrected chi connectivity index (χ2v) is 7.28. The van der Waals surface area contributed by atoms with Gasteiger partial charge in [0.1, 0.15) is 11.5 Å². The van der Waals surface area contributed by atoms with E-state index in [4.69, 9.17) is 4.74 Å². The summed E-state index contributed by atoms with van der Waals surface area (Å²) in [5.74, 6) is 0.200.